The molecule has 134 valence electrons. The van der Waals surface area contributed by atoms with Gasteiger partial charge in [-0.05, 0) is 54.1 Å². The predicted octanol–water partition coefficient (Wildman–Crippen LogP) is 3.80. The van der Waals surface area contributed by atoms with Gasteiger partial charge in [0.1, 0.15) is 0 Å². The van der Waals surface area contributed by atoms with Gasteiger partial charge < -0.3 is 5.32 Å². The molecule has 0 aliphatic rings. The number of amides is 1. The Balaban J connectivity index is 1.71. The summed E-state index contributed by atoms with van der Waals surface area (Å²) in [5.74, 6) is -0.446. The standard InChI is InChI=1S/C19H17ClN2O3S/c1-13(22-26(24,25)18-10-7-16(20)8-11-18)19(23)21-17-9-6-14-4-2-3-5-15(14)12-17/h2-13,22H,1H3,(H,21,23)/t13-/m0/s1. The molecule has 3 aromatic carbocycles. The van der Waals surface area contributed by atoms with Gasteiger partial charge in [-0.25, -0.2) is 8.42 Å². The van der Waals surface area contributed by atoms with Gasteiger partial charge in [-0.15, -0.1) is 0 Å². The third-order valence-corrected chi connectivity index (χ3v) is 5.67. The zero-order valence-corrected chi connectivity index (χ0v) is 15.5. The van der Waals surface area contributed by atoms with E-state index in [-0.39, 0.29) is 4.90 Å². The summed E-state index contributed by atoms with van der Waals surface area (Å²) in [4.78, 5) is 12.4. The monoisotopic (exact) mass is 388 g/mol. The summed E-state index contributed by atoms with van der Waals surface area (Å²) in [7, 11) is -3.82. The lowest BCUT2D eigenvalue weighted by molar-refractivity contribution is -0.117. The summed E-state index contributed by atoms with van der Waals surface area (Å²) in [6.45, 7) is 1.49. The van der Waals surface area contributed by atoms with Crippen LogP contribution >= 0.6 is 11.6 Å². The van der Waals surface area contributed by atoms with Crippen LogP contribution in [0.4, 0.5) is 5.69 Å². The molecular formula is C19H17ClN2O3S. The lowest BCUT2D eigenvalue weighted by Gasteiger charge is -2.15. The minimum absolute atomic E-state index is 0.0484. The Morgan fingerprint density at radius 2 is 1.62 bits per heavy atom. The van der Waals surface area contributed by atoms with Crippen LogP contribution in [0.15, 0.2) is 71.6 Å². The van der Waals surface area contributed by atoms with E-state index in [1.165, 1.54) is 31.2 Å². The molecule has 0 heterocycles. The maximum Gasteiger partial charge on any atom is 0.242 e. The predicted molar refractivity (Wildman–Crippen MR) is 104 cm³/mol. The third-order valence-electron chi connectivity index (χ3n) is 3.87. The molecule has 0 spiro atoms. The van der Waals surface area contributed by atoms with Crippen LogP contribution in [0.2, 0.25) is 5.02 Å². The molecule has 0 bridgehead atoms. The number of hydrogen-bond donors (Lipinski definition) is 2. The SMILES string of the molecule is C[C@H](NS(=O)(=O)c1ccc(Cl)cc1)C(=O)Nc1ccc2ccccc2c1. The number of rotatable bonds is 5. The highest BCUT2D eigenvalue weighted by atomic mass is 35.5. The van der Waals surface area contributed by atoms with E-state index in [9.17, 15) is 13.2 Å². The second-order valence-corrected chi connectivity index (χ2v) is 8.00. The van der Waals surface area contributed by atoms with E-state index in [1.807, 2.05) is 36.4 Å². The number of nitrogens with one attached hydrogen (secondary N) is 2. The Labute approximate surface area is 157 Å². The molecule has 1 amide bonds. The minimum atomic E-state index is -3.82. The Morgan fingerprint density at radius 3 is 2.31 bits per heavy atom. The maximum absolute atomic E-state index is 12.4. The van der Waals surface area contributed by atoms with Crippen LogP contribution in [0.3, 0.4) is 0 Å². The highest BCUT2D eigenvalue weighted by Crippen LogP contribution is 2.19. The van der Waals surface area contributed by atoms with Crippen molar-refractivity contribution in [2.24, 2.45) is 0 Å². The topological polar surface area (TPSA) is 75.3 Å². The van der Waals surface area contributed by atoms with Crippen molar-refractivity contribution in [3.8, 4) is 0 Å². The molecular weight excluding hydrogens is 372 g/mol. The molecule has 5 nitrogen and oxygen atoms in total. The number of anilines is 1. The lowest BCUT2D eigenvalue weighted by atomic mass is 10.1. The van der Waals surface area contributed by atoms with E-state index in [4.69, 9.17) is 11.6 Å². The smallest absolute Gasteiger partial charge is 0.242 e. The van der Waals surface area contributed by atoms with Crippen molar-refractivity contribution >= 4 is 44.0 Å². The lowest BCUT2D eigenvalue weighted by Crippen LogP contribution is -2.41. The van der Waals surface area contributed by atoms with E-state index < -0.39 is 22.0 Å². The average molecular weight is 389 g/mol. The van der Waals surface area contributed by atoms with Gasteiger partial charge in [0.25, 0.3) is 0 Å². The van der Waals surface area contributed by atoms with Crippen molar-refractivity contribution in [1.82, 2.24) is 4.72 Å². The van der Waals surface area contributed by atoms with E-state index in [1.54, 1.807) is 6.07 Å². The van der Waals surface area contributed by atoms with Crippen molar-refractivity contribution in [3.05, 3.63) is 71.8 Å². The van der Waals surface area contributed by atoms with Gasteiger partial charge in [0.05, 0.1) is 10.9 Å². The molecule has 3 aromatic rings. The van der Waals surface area contributed by atoms with E-state index in [0.29, 0.717) is 10.7 Å². The Kier molecular flexibility index (Phi) is 5.27. The molecule has 0 saturated carbocycles. The van der Waals surface area contributed by atoms with Crippen molar-refractivity contribution in [2.75, 3.05) is 5.32 Å². The van der Waals surface area contributed by atoms with Crippen LogP contribution in [0.25, 0.3) is 10.8 Å². The fourth-order valence-electron chi connectivity index (χ4n) is 2.49. The molecule has 0 radical (unpaired) electrons. The Bertz CT molecular complexity index is 1050. The summed E-state index contributed by atoms with van der Waals surface area (Å²) in [6, 6.07) is 18.1. The molecule has 1 atom stereocenters. The quantitative estimate of drug-likeness (QED) is 0.698. The fraction of sp³-hybridized carbons (Fsp3) is 0.105. The first kappa shape index (κ1) is 18.4. The van der Waals surface area contributed by atoms with Crippen LogP contribution in [0, 0.1) is 0 Å². The maximum atomic E-state index is 12.4. The van der Waals surface area contributed by atoms with Crippen molar-refractivity contribution < 1.29 is 13.2 Å². The van der Waals surface area contributed by atoms with Gasteiger partial charge in [0.2, 0.25) is 15.9 Å². The van der Waals surface area contributed by atoms with Crippen molar-refractivity contribution in [3.63, 3.8) is 0 Å². The molecule has 26 heavy (non-hydrogen) atoms. The van der Waals surface area contributed by atoms with Gasteiger partial charge >= 0.3 is 0 Å². The Hall–Kier alpha value is -2.41. The molecule has 0 fully saturated rings. The van der Waals surface area contributed by atoms with Crippen LogP contribution in [0.5, 0.6) is 0 Å². The van der Waals surface area contributed by atoms with Gasteiger partial charge in [0.15, 0.2) is 0 Å². The van der Waals surface area contributed by atoms with Gasteiger partial charge in [-0.2, -0.15) is 4.72 Å². The summed E-state index contributed by atoms with van der Waals surface area (Å²) in [5.41, 5.74) is 0.603. The summed E-state index contributed by atoms with van der Waals surface area (Å²) in [5, 5.41) is 5.21. The second-order valence-electron chi connectivity index (χ2n) is 5.85. The van der Waals surface area contributed by atoms with E-state index in [0.717, 1.165) is 10.8 Å². The van der Waals surface area contributed by atoms with Crippen molar-refractivity contribution in [1.29, 1.82) is 0 Å². The molecule has 7 heteroatoms. The first-order chi connectivity index (χ1) is 12.3. The highest BCUT2D eigenvalue weighted by Gasteiger charge is 2.22. The highest BCUT2D eigenvalue weighted by molar-refractivity contribution is 7.89. The normalized spacial score (nSPS) is 12.7. The molecule has 0 aromatic heterocycles. The molecule has 0 aliphatic carbocycles. The van der Waals surface area contributed by atoms with E-state index in [2.05, 4.69) is 10.0 Å². The van der Waals surface area contributed by atoms with Crippen LogP contribution in [-0.2, 0) is 14.8 Å². The second kappa shape index (κ2) is 7.45. The first-order valence-electron chi connectivity index (χ1n) is 7.93. The van der Waals surface area contributed by atoms with E-state index >= 15 is 0 Å². The number of halogens is 1. The molecule has 3 rings (SSSR count). The minimum Gasteiger partial charge on any atom is -0.325 e. The zero-order valence-electron chi connectivity index (χ0n) is 13.9. The van der Waals surface area contributed by atoms with Gasteiger partial charge in [-0.3, -0.25) is 4.79 Å². The number of carbonyl (C=O) groups excluding carboxylic acids is 1. The van der Waals surface area contributed by atoms with Crippen LogP contribution in [-0.4, -0.2) is 20.4 Å². The number of hydrogen-bond acceptors (Lipinski definition) is 3. The third kappa shape index (κ3) is 4.22. The number of sulfonamides is 1. The van der Waals surface area contributed by atoms with Gasteiger partial charge in [0, 0.05) is 10.7 Å². The van der Waals surface area contributed by atoms with Crippen LogP contribution in [0.1, 0.15) is 6.92 Å². The van der Waals surface area contributed by atoms with Crippen molar-refractivity contribution in [2.45, 2.75) is 17.9 Å². The molecule has 2 N–H and O–H groups in total. The Morgan fingerprint density at radius 1 is 0.962 bits per heavy atom. The molecule has 0 unspecified atom stereocenters. The molecule has 0 saturated heterocycles. The van der Waals surface area contributed by atoms with Gasteiger partial charge in [-0.1, -0.05) is 41.9 Å². The first-order valence-corrected chi connectivity index (χ1v) is 9.79. The average Bonchev–Trinajstić information content (AvgIpc) is 2.61. The molecule has 0 aliphatic heterocycles. The summed E-state index contributed by atoms with van der Waals surface area (Å²) < 4.78 is 27.1. The number of carbonyl (C=O) groups is 1. The fourth-order valence-corrected chi connectivity index (χ4v) is 3.81. The zero-order chi connectivity index (χ0) is 18.7. The summed E-state index contributed by atoms with van der Waals surface area (Å²) in [6.07, 6.45) is 0. The summed E-state index contributed by atoms with van der Waals surface area (Å²) >= 11 is 5.77. The number of benzene rings is 3. The number of fused-ring (bicyclic) bond motifs is 1. The largest absolute Gasteiger partial charge is 0.325 e. The van der Waals surface area contributed by atoms with Crippen LogP contribution < -0.4 is 10.0 Å².